The first-order chi connectivity index (χ1) is 18.1. The molecule has 1 heterocycles. The van der Waals surface area contributed by atoms with Crippen LogP contribution < -0.4 is 4.74 Å². The van der Waals surface area contributed by atoms with Crippen molar-refractivity contribution < 1.29 is 21.6 Å². The van der Waals surface area contributed by atoms with Crippen molar-refractivity contribution in [1.82, 2.24) is 9.42 Å². The number of benzene rings is 3. The highest BCUT2D eigenvalue weighted by Crippen LogP contribution is 2.27. The van der Waals surface area contributed by atoms with Crippen molar-refractivity contribution in [3.63, 3.8) is 0 Å². The van der Waals surface area contributed by atoms with Crippen molar-refractivity contribution in [1.29, 1.82) is 5.26 Å². The van der Waals surface area contributed by atoms with Crippen LogP contribution in [0.3, 0.4) is 0 Å². The van der Waals surface area contributed by atoms with Crippen molar-refractivity contribution in [3.05, 3.63) is 78.4 Å². The Kier molecular flexibility index (Phi) is 8.53. The summed E-state index contributed by atoms with van der Waals surface area (Å²) in [7, 11) is -5.63. The van der Waals surface area contributed by atoms with Gasteiger partial charge in [-0.25, -0.2) is 21.8 Å². The SMILES string of the molecule is CN(N1CC[C@@H](CCCOc2ccc(-c3ccc(C#N)cc3)cc2)C1)S(=O)(=O)c1ccc(S(C)(=O)=O)cc1. The highest BCUT2D eigenvalue weighted by molar-refractivity contribution is 7.90. The molecule has 1 aliphatic rings. The van der Waals surface area contributed by atoms with Gasteiger partial charge in [-0.15, -0.1) is 4.41 Å². The molecule has 1 aliphatic heterocycles. The summed E-state index contributed by atoms with van der Waals surface area (Å²) in [4.78, 5) is 0.152. The van der Waals surface area contributed by atoms with Crippen molar-refractivity contribution in [2.45, 2.75) is 29.1 Å². The Bertz CT molecular complexity index is 1500. The van der Waals surface area contributed by atoms with E-state index in [2.05, 4.69) is 6.07 Å². The zero-order chi connectivity index (χ0) is 27.3. The van der Waals surface area contributed by atoms with Gasteiger partial charge in [0.2, 0.25) is 0 Å². The van der Waals surface area contributed by atoms with Crippen molar-refractivity contribution in [3.8, 4) is 22.9 Å². The van der Waals surface area contributed by atoms with E-state index >= 15 is 0 Å². The predicted molar refractivity (Wildman–Crippen MR) is 146 cm³/mol. The van der Waals surface area contributed by atoms with Gasteiger partial charge in [0.25, 0.3) is 10.0 Å². The van der Waals surface area contributed by atoms with E-state index in [-0.39, 0.29) is 9.79 Å². The summed E-state index contributed by atoms with van der Waals surface area (Å²) in [6.45, 7) is 1.85. The Morgan fingerprint density at radius 3 is 2.08 bits per heavy atom. The molecule has 0 unspecified atom stereocenters. The lowest BCUT2D eigenvalue weighted by Gasteiger charge is -2.27. The minimum Gasteiger partial charge on any atom is -0.494 e. The van der Waals surface area contributed by atoms with E-state index in [4.69, 9.17) is 10.00 Å². The molecular weight excluding hydrogens is 522 g/mol. The van der Waals surface area contributed by atoms with Crippen molar-refractivity contribution >= 4 is 19.9 Å². The van der Waals surface area contributed by atoms with Gasteiger partial charge in [0.15, 0.2) is 9.84 Å². The summed E-state index contributed by atoms with van der Waals surface area (Å²) in [5, 5.41) is 10.8. The van der Waals surface area contributed by atoms with Crippen LogP contribution in [-0.4, -0.2) is 59.3 Å². The van der Waals surface area contributed by atoms with E-state index < -0.39 is 19.9 Å². The molecule has 1 saturated heterocycles. The fraction of sp³-hybridized carbons (Fsp3) is 0.321. The van der Waals surface area contributed by atoms with E-state index in [1.807, 2.05) is 41.4 Å². The summed E-state index contributed by atoms with van der Waals surface area (Å²) >= 11 is 0. The van der Waals surface area contributed by atoms with Crippen molar-refractivity contribution in [2.24, 2.45) is 5.92 Å². The molecule has 0 aliphatic carbocycles. The fourth-order valence-electron chi connectivity index (χ4n) is 4.51. The third-order valence-corrected chi connectivity index (χ3v) is 9.71. The van der Waals surface area contributed by atoms with Crippen LogP contribution in [0, 0.1) is 17.2 Å². The molecule has 0 saturated carbocycles. The topological polar surface area (TPSA) is 108 Å². The normalized spacial score (nSPS) is 16.4. The largest absolute Gasteiger partial charge is 0.494 e. The fourth-order valence-corrected chi connectivity index (χ4v) is 6.38. The minimum atomic E-state index is -3.77. The van der Waals surface area contributed by atoms with E-state index in [0.29, 0.717) is 31.2 Å². The van der Waals surface area contributed by atoms with Crippen molar-refractivity contribution in [2.75, 3.05) is 33.0 Å². The summed E-state index contributed by atoms with van der Waals surface area (Å²) in [5.74, 6) is 1.16. The Morgan fingerprint density at radius 2 is 1.50 bits per heavy atom. The standard InChI is InChI=1S/C28H31N3O5S2/c1-30(38(34,35)28-15-13-27(14-16-28)37(2,32)33)31-18-17-23(21-31)4-3-19-36-26-11-9-25(10-12-26)24-7-5-22(20-29)6-8-24/h5-16,23H,3-4,17-19,21H2,1-2H3/t23-/m1/s1. The van der Waals surface area contributed by atoms with E-state index in [0.717, 1.165) is 42.4 Å². The Hall–Kier alpha value is -3.23. The molecule has 0 N–H and O–H groups in total. The van der Waals surface area contributed by atoms with Gasteiger partial charge in [-0.1, -0.05) is 24.3 Å². The number of nitriles is 1. The molecule has 3 aromatic carbocycles. The predicted octanol–water partition coefficient (Wildman–Crippen LogP) is 4.35. The quantitative estimate of drug-likeness (QED) is 0.344. The Labute approximate surface area is 225 Å². The average molecular weight is 554 g/mol. The number of rotatable bonds is 10. The van der Waals surface area contributed by atoms with Gasteiger partial charge in [-0.3, -0.25) is 0 Å². The minimum absolute atomic E-state index is 0.0643. The lowest BCUT2D eigenvalue weighted by atomic mass is 10.0. The first kappa shape index (κ1) is 27.8. The number of ether oxygens (including phenoxy) is 1. The molecule has 0 bridgehead atoms. The Balaban J connectivity index is 1.23. The molecule has 10 heteroatoms. The summed E-state index contributed by atoms with van der Waals surface area (Å²) in [6, 6.07) is 22.8. The second-order valence-electron chi connectivity index (χ2n) is 9.45. The van der Waals surface area contributed by atoms with Crippen LogP contribution in [0.2, 0.25) is 0 Å². The third-order valence-electron chi connectivity index (χ3n) is 6.79. The molecule has 0 spiro atoms. The maximum absolute atomic E-state index is 13.0. The second kappa shape index (κ2) is 11.7. The van der Waals surface area contributed by atoms with Gasteiger partial charge in [-0.2, -0.15) is 5.26 Å². The molecule has 1 atom stereocenters. The molecule has 4 rings (SSSR count). The first-order valence-corrected chi connectivity index (χ1v) is 15.7. The molecule has 38 heavy (non-hydrogen) atoms. The molecule has 8 nitrogen and oxygen atoms in total. The summed E-state index contributed by atoms with van der Waals surface area (Å²) in [6.07, 6.45) is 3.77. The number of hydrazine groups is 1. The van der Waals surface area contributed by atoms with Gasteiger partial charge in [0.1, 0.15) is 5.75 Å². The van der Waals surface area contributed by atoms with E-state index in [1.54, 1.807) is 12.1 Å². The average Bonchev–Trinajstić information content (AvgIpc) is 3.39. The monoisotopic (exact) mass is 553 g/mol. The van der Waals surface area contributed by atoms with E-state index in [1.165, 1.54) is 35.7 Å². The van der Waals surface area contributed by atoms with Gasteiger partial charge < -0.3 is 4.74 Å². The molecule has 3 aromatic rings. The second-order valence-corrected chi connectivity index (χ2v) is 13.4. The number of sulfone groups is 1. The van der Waals surface area contributed by atoms with Gasteiger partial charge in [0.05, 0.1) is 28.0 Å². The zero-order valence-electron chi connectivity index (χ0n) is 21.4. The maximum Gasteiger partial charge on any atom is 0.255 e. The molecule has 200 valence electrons. The molecule has 0 aromatic heterocycles. The number of hydrogen-bond donors (Lipinski definition) is 0. The highest BCUT2D eigenvalue weighted by atomic mass is 32.2. The van der Waals surface area contributed by atoms with Crippen LogP contribution in [-0.2, 0) is 19.9 Å². The van der Waals surface area contributed by atoms with Gasteiger partial charge in [0, 0.05) is 26.4 Å². The van der Waals surface area contributed by atoms with Gasteiger partial charge in [-0.05, 0) is 84.8 Å². The Morgan fingerprint density at radius 1 is 0.921 bits per heavy atom. The molecule has 0 radical (unpaired) electrons. The third kappa shape index (κ3) is 6.60. The molecule has 1 fully saturated rings. The van der Waals surface area contributed by atoms with Crippen LogP contribution >= 0.6 is 0 Å². The lowest BCUT2D eigenvalue weighted by molar-refractivity contribution is 0.111. The molecule has 0 amide bonds. The van der Waals surface area contributed by atoms with E-state index in [9.17, 15) is 16.8 Å². The number of hydrogen-bond acceptors (Lipinski definition) is 7. The molecular formula is C28H31N3O5S2. The summed E-state index contributed by atoms with van der Waals surface area (Å²) in [5.41, 5.74) is 2.73. The zero-order valence-corrected chi connectivity index (χ0v) is 23.1. The highest BCUT2D eigenvalue weighted by Gasteiger charge is 2.32. The summed E-state index contributed by atoms with van der Waals surface area (Å²) < 4.78 is 56.6. The first-order valence-electron chi connectivity index (χ1n) is 12.4. The lowest BCUT2D eigenvalue weighted by Crippen LogP contribution is -2.42. The van der Waals surface area contributed by atoms with Crippen LogP contribution in [0.4, 0.5) is 0 Å². The number of sulfonamides is 1. The smallest absolute Gasteiger partial charge is 0.255 e. The maximum atomic E-state index is 13.0. The van der Waals surface area contributed by atoms with Crippen LogP contribution in [0.1, 0.15) is 24.8 Å². The van der Waals surface area contributed by atoms with Crippen LogP contribution in [0.25, 0.3) is 11.1 Å². The van der Waals surface area contributed by atoms with Gasteiger partial charge >= 0.3 is 0 Å². The number of nitrogens with zero attached hydrogens (tertiary/aromatic N) is 3. The van der Waals surface area contributed by atoms with Crippen LogP contribution in [0.5, 0.6) is 5.75 Å². The van der Waals surface area contributed by atoms with Crippen LogP contribution in [0.15, 0.2) is 82.6 Å².